The van der Waals surface area contributed by atoms with Crippen molar-refractivity contribution in [2.45, 2.75) is 11.4 Å². The molecule has 8 heteroatoms. The van der Waals surface area contributed by atoms with Gasteiger partial charge in [-0.15, -0.1) is 0 Å². The summed E-state index contributed by atoms with van der Waals surface area (Å²) in [4.78, 5) is 2.91. The number of nitrogens with zero attached hydrogens (tertiary/aromatic N) is 1. The molecular weight excluding hydrogens is 302 g/mol. The van der Waals surface area contributed by atoms with Gasteiger partial charge in [-0.1, -0.05) is 12.1 Å². The van der Waals surface area contributed by atoms with E-state index in [0.29, 0.717) is 11.4 Å². The summed E-state index contributed by atoms with van der Waals surface area (Å²) in [6.07, 6.45) is 1.40. The standard InChI is InChI=1S/C13H12F2N2O3S/c1-20-12-6-5-9(7-16-12)8-17-21(18,19)13-10(14)3-2-4-11(13)15/h2-7,17H,8H2,1H3. The van der Waals surface area contributed by atoms with Gasteiger partial charge in [0, 0.05) is 18.8 Å². The summed E-state index contributed by atoms with van der Waals surface area (Å²) in [5, 5.41) is 0. The molecule has 1 aromatic carbocycles. The van der Waals surface area contributed by atoms with Crippen molar-refractivity contribution < 1.29 is 21.9 Å². The van der Waals surface area contributed by atoms with Gasteiger partial charge < -0.3 is 4.74 Å². The Labute approximate surface area is 120 Å². The van der Waals surface area contributed by atoms with Crippen molar-refractivity contribution in [2.24, 2.45) is 0 Å². The fourth-order valence-electron chi connectivity index (χ4n) is 1.63. The second-order valence-corrected chi connectivity index (χ2v) is 5.79. The van der Waals surface area contributed by atoms with Crippen LogP contribution in [0.3, 0.4) is 0 Å². The van der Waals surface area contributed by atoms with Crippen LogP contribution in [-0.4, -0.2) is 20.5 Å². The summed E-state index contributed by atoms with van der Waals surface area (Å²) < 4.78 is 57.8. The van der Waals surface area contributed by atoms with Crippen LogP contribution in [0.25, 0.3) is 0 Å². The molecule has 112 valence electrons. The molecule has 2 aromatic rings. The Morgan fingerprint density at radius 3 is 2.38 bits per heavy atom. The lowest BCUT2D eigenvalue weighted by Crippen LogP contribution is -2.25. The van der Waals surface area contributed by atoms with Crippen molar-refractivity contribution in [2.75, 3.05) is 7.11 Å². The van der Waals surface area contributed by atoms with Gasteiger partial charge >= 0.3 is 0 Å². The van der Waals surface area contributed by atoms with Crippen LogP contribution >= 0.6 is 0 Å². The molecule has 5 nitrogen and oxygen atoms in total. The normalized spacial score (nSPS) is 11.4. The van der Waals surface area contributed by atoms with Crippen LogP contribution < -0.4 is 9.46 Å². The molecule has 1 aromatic heterocycles. The van der Waals surface area contributed by atoms with E-state index in [-0.39, 0.29) is 6.54 Å². The summed E-state index contributed by atoms with van der Waals surface area (Å²) in [5.74, 6) is -1.91. The van der Waals surface area contributed by atoms with E-state index in [2.05, 4.69) is 9.71 Å². The highest BCUT2D eigenvalue weighted by Gasteiger charge is 2.23. The third-order valence-corrected chi connectivity index (χ3v) is 4.11. The molecule has 2 rings (SSSR count). The smallest absolute Gasteiger partial charge is 0.246 e. The second kappa shape index (κ2) is 6.15. The maximum absolute atomic E-state index is 13.5. The molecule has 1 N–H and O–H groups in total. The quantitative estimate of drug-likeness (QED) is 0.914. The zero-order chi connectivity index (χ0) is 15.5. The third kappa shape index (κ3) is 3.53. The molecular formula is C13H12F2N2O3S. The lowest BCUT2D eigenvalue weighted by atomic mass is 10.3. The molecule has 0 fully saturated rings. The first-order valence-electron chi connectivity index (χ1n) is 5.86. The maximum atomic E-state index is 13.5. The van der Waals surface area contributed by atoms with Crippen LogP contribution in [0.4, 0.5) is 8.78 Å². The molecule has 0 saturated heterocycles. The van der Waals surface area contributed by atoms with Crippen LogP contribution in [0.2, 0.25) is 0 Å². The number of sulfonamides is 1. The Kier molecular flexibility index (Phi) is 4.49. The van der Waals surface area contributed by atoms with Crippen LogP contribution in [0.5, 0.6) is 5.88 Å². The zero-order valence-corrected chi connectivity index (χ0v) is 11.8. The number of halogens is 2. The fraction of sp³-hybridized carbons (Fsp3) is 0.154. The van der Waals surface area contributed by atoms with Crippen molar-refractivity contribution in [3.05, 3.63) is 53.7 Å². The van der Waals surface area contributed by atoms with Crippen LogP contribution in [-0.2, 0) is 16.6 Å². The summed E-state index contributed by atoms with van der Waals surface area (Å²) >= 11 is 0. The predicted octanol–water partition coefficient (Wildman–Crippen LogP) is 1.85. The van der Waals surface area contributed by atoms with Crippen LogP contribution in [0, 0.1) is 11.6 Å². The molecule has 0 saturated carbocycles. The van der Waals surface area contributed by atoms with Crippen LogP contribution in [0.1, 0.15) is 5.56 Å². The molecule has 0 radical (unpaired) electrons. The van der Waals surface area contributed by atoms with Gasteiger partial charge in [-0.25, -0.2) is 26.9 Å². The van der Waals surface area contributed by atoms with E-state index >= 15 is 0 Å². The van der Waals surface area contributed by atoms with Crippen molar-refractivity contribution in [3.8, 4) is 5.88 Å². The van der Waals surface area contributed by atoms with Crippen molar-refractivity contribution in [1.82, 2.24) is 9.71 Å². The highest BCUT2D eigenvalue weighted by atomic mass is 32.2. The van der Waals surface area contributed by atoms with Gasteiger partial charge in [-0.05, 0) is 17.7 Å². The summed E-state index contributed by atoms with van der Waals surface area (Å²) in [7, 11) is -2.84. The van der Waals surface area contributed by atoms with Gasteiger partial charge in [-0.3, -0.25) is 0 Å². The highest BCUT2D eigenvalue weighted by Crippen LogP contribution is 2.18. The molecule has 1 heterocycles. The van der Waals surface area contributed by atoms with E-state index < -0.39 is 26.6 Å². The van der Waals surface area contributed by atoms with Crippen LogP contribution in [0.15, 0.2) is 41.4 Å². The number of methoxy groups -OCH3 is 1. The minimum atomic E-state index is -4.29. The first-order valence-corrected chi connectivity index (χ1v) is 7.35. The molecule has 0 spiro atoms. The molecule has 0 aliphatic carbocycles. The minimum Gasteiger partial charge on any atom is -0.481 e. The SMILES string of the molecule is COc1ccc(CNS(=O)(=O)c2c(F)cccc2F)cn1. The lowest BCUT2D eigenvalue weighted by Gasteiger charge is -2.08. The van der Waals surface area contributed by atoms with Crippen molar-refractivity contribution in [3.63, 3.8) is 0 Å². The number of rotatable bonds is 5. The van der Waals surface area contributed by atoms with E-state index in [1.54, 1.807) is 12.1 Å². The molecule has 0 aliphatic rings. The second-order valence-electron chi connectivity index (χ2n) is 4.08. The topological polar surface area (TPSA) is 68.3 Å². The molecule has 0 unspecified atom stereocenters. The Balaban J connectivity index is 2.18. The molecule has 21 heavy (non-hydrogen) atoms. The van der Waals surface area contributed by atoms with Crippen molar-refractivity contribution in [1.29, 1.82) is 0 Å². The van der Waals surface area contributed by atoms with Gasteiger partial charge in [-0.2, -0.15) is 0 Å². The largest absolute Gasteiger partial charge is 0.481 e. The van der Waals surface area contributed by atoms with E-state index in [1.807, 2.05) is 0 Å². The first kappa shape index (κ1) is 15.3. The third-order valence-electron chi connectivity index (χ3n) is 2.66. The number of pyridine rings is 1. The Bertz CT molecular complexity index is 713. The average Bonchev–Trinajstić information content (AvgIpc) is 2.45. The summed E-state index contributed by atoms with van der Waals surface area (Å²) in [6, 6.07) is 6.00. The van der Waals surface area contributed by atoms with E-state index in [0.717, 1.165) is 18.2 Å². The average molecular weight is 314 g/mol. The van der Waals surface area contributed by atoms with E-state index in [9.17, 15) is 17.2 Å². The highest BCUT2D eigenvalue weighted by molar-refractivity contribution is 7.89. The van der Waals surface area contributed by atoms with Crippen molar-refractivity contribution >= 4 is 10.0 Å². The number of hydrogen-bond acceptors (Lipinski definition) is 4. The number of hydrogen-bond donors (Lipinski definition) is 1. The van der Waals surface area contributed by atoms with E-state index in [4.69, 9.17) is 4.74 Å². The van der Waals surface area contributed by atoms with Gasteiger partial charge in [0.25, 0.3) is 0 Å². The number of ether oxygens (including phenoxy) is 1. The molecule has 0 amide bonds. The number of benzene rings is 1. The first-order chi connectivity index (χ1) is 9.94. The van der Waals surface area contributed by atoms with Gasteiger partial charge in [0.05, 0.1) is 7.11 Å². The predicted molar refractivity (Wildman–Crippen MR) is 71.2 cm³/mol. The lowest BCUT2D eigenvalue weighted by molar-refractivity contribution is 0.397. The number of aromatic nitrogens is 1. The molecule has 0 atom stereocenters. The maximum Gasteiger partial charge on any atom is 0.246 e. The molecule has 0 bridgehead atoms. The Hall–Kier alpha value is -2.06. The van der Waals surface area contributed by atoms with Gasteiger partial charge in [0.1, 0.15) is 11.6 Å². The molecule has 0 aliphatic heterocycles. The zero-order valence-electron chi connectivity index (χ0n) is 11.0. The fourth-order valence-corrected chi connectivity index (χ4v) is 2.78. The number of nitrogens with one attached hydrogen (secondary N) is 1. The van der Waals surface area contributed by atoms with E-state index in [1.165, 1.54) is 13.3 Å². The summed E-state index contributed by atoms with van der Waals surface area (Å²) in [5.41, 5.74) is 0.524. The van der Waals surface area contributed by atoms with Gasteiger partial charge in [0.15, 0.2) is 4.90 Å². The summed E-state index contributed by atoms with van der Waals surface area (Å²) in [6.45, 7) is -0.146. The Morgan fingerprint density at radius 2 is 1.86 bits per heavy atom. The Morgan fingerprint density at radius 1 is 1.19 bits per heavy atom. The monoisotopic (exact) mass is 314 g/mol. The minimum absolute atomic E-state index is 0.146. The van der Waals surface area contributed by atoms with Gasteiger partial charge in [0.2, 0.25) is 15.9 Å².